The lowest BCUT2D eigenvalue weighted by atomic mass is 10.1. The summed E-state index contributed by atoms with van der Waals surface area (Å²) in [6.07, 6.45) is 2.26. The Bertz CT molecular complexity index is 295. The Balaban J connectivity index is 2.38. The molecule has 0 aromatic carbocycles. The van der Waals surface area contributed by atoms with Gasteiger partial charge in [0.15, 0.2) is 0 Å². The summed E-state index contributed by atoms with van der Waals surface area (Å²) in [5.41, 5.74) is 5.75. The molecule has 1 rings (SSSR count). The van der Waals surface area contributed by atoms with E-state index in [-0.39, 0.29) is 11.8 Å². The van der Waals surface area contributed by atoms with Crippen molar-refractivity contribution in [1.82, 2.24) is 9.21 Å². The van der Waals surface area contributed by atoms with Crippen molar-refractivity contribution in [3.8, 4) is 0 Å². The second-order valence-corrected chi connectivity index (χ2v) is 6.80. The highest BCUT2D eigenvalue weighted by Crippen LogP contribution is 2.13. The van der Waals surface area contributed by atoms with Gasteiger partial charge in [0.1, 0.15) is 0 Å². The fourth-order valence-electron chi connectivity index (χ4n) is 1.85. The zero-order chi connectivity index (χ0) is 12.2. The zero-order valence-electron chi connectivity index (χ0n) is 10.2. The predicted molar refractivity (Wildman–Crippen MR) is 65.7 cm³/mol. The maximum atomic E-state index is 11.9. The van der Waals surface area contributed by atoms with Gasteiger partial charge in [-0.15, -0.1) is 0 Å². The highest BCUT2D eigenvalue weighted by Gasteiger charge is 2.25. The van der Waals surface area contributed by atoms with Crippen LogP contribution >= 0.6 is 0 Å². The summed E-state index contributed by atoms with van der Waals surface area (Å²) in [5, 5.41) is 0. The van der Waals surface area contributed by atoms with Crippen molar-refractivity contribution in [3.05, 3.63) is 0 Å². The van der Waals surface area contributed by atoms with Gasteiger partial charge in [-0.2, -0.15) is 0 Å². The summed E-state index contributed by atoms with van der Waals surface area (Å²) in [5.74, 6) is 0.250. The lowest BCUT2D eigenvalue weighted by Gasteiger charge is -2.29. The number of nitrogens with zero attached hydrogens (tertiary/aromatic N) is 2. The van der Waals surface area contributed by atoms with Crippen molar-refractivity contribution in [2.45, 2.75) is 25.3 Å². The quantitative estimate of drug-likeness (QED) is 0.726. The standard InChI is InChI=1S/C10H23N3O2S/c1-12(2)6-3-9-16(14,15)13-7-4-10(11)5-8-13/h10H,3-9,11H2,1-2H3. The second-order valence-electron chi connectivity index (χ2n) is 4.71. The Kier molecular flexibility index (Phi) is 5.17. The maximum absolute atomic E-state index is 11.9. The van der Waals surface area contributed by atoms with E-state index in [4.69, 9.17) is 5.73 Å². The molecule has 1 saturated heterocycles. The Hall–Kier alpha value is -0.170. The molecule has 0 saturated carbocycles. The van der Waals surface area contributed by atoms with E-state index in [0.29, 0.717) is 19.5 Å². The fraction of sp³-hybridized carbons (Fsp3) is 1.00. The summed E-state index contributed by atoms with van der Waals surface area (Å²) < 4.78 is 25.5. The van der Waals surface area contributed by atoms with Gasteiger partial charge in [-0.3, -0.25) is 0 Å². The average molecular weight is 249 g/mol. The molecule has 6 heteroatoms. The van der Waals surface area contributed by atoms with Crippen molar-refractivity contribution in [2.75, 3.05) is 39.5 Å². The summed E-state index contributed by atoms with van der Waals surface area (Å²) in [6, 6.07) is 0.174. The van der Waals surface area contributed by atoms with Crippen LogP contribution in [0.3, 0.4) is 0 Å². The lowest BCUT2D eigenvalue weighted by molar-refractivity contribution is 0.318. The molecule has 96 valence electrons. The Morgan fingerprint density at radius 2 is 1.88 bits per heavy atom. The molecule has 16 heavy (non-hydrogen) atoms. The van der Waals surface area contributed by atoms with Crippen LogP contribution in [0.1, 0.15) is 19.3 Å². The predicted octanol–water partition coefficient (Wildman–Crippen LogP) is -0.309. The van der Waals surface area contributed by atoms with Crippen LogP contribution in [0.15, 0.2) is 0 Å². The van der Waals surface area contributed by atoms with Crippen LogP contribution in [0.4, 0.5) is 0 Å². The van der Waals surface area contributed by atoms with Crippen LogP contribution in [-0.4, -0.2) is 63.1 Å². The highest BCUT2D eigenvalue weighted by molar-refractivity contribution is 7.89. The van der Waals surface area contributed by atoms with E-state index in [1.54, 1.807) is 4.31 Å². The molecule has 1 aliphatic heterocycles. The molecule has 0 spiro atoms. The Labute approximate surface area is 98.6 Å². The van der Waals surface area contributed by atoms with Crippen LogP contribution in [0, 0.1) is 0 Å². The van der Waals surface area contributed by atoms with Crippen molar-refractivity contribution >= 4 is 10.0 Å². The molecule has 2 N–H and O–H groups in total. The van der Waals surface area contributed by atoms with Gasteiger partial charge >= 0.3 is 0 Å². The van der Waals surface area contributed by atoms with Gasteiger partial charge in [-0.05, 0) is 39.9 Å². The molecule has 0 atom stereocenters. The van der Waals surface area contributed by atoms with E-state index < -0.39 is 10.0 Å². The summed E-state index contributed by atoms with van der Waals surface area (Å²) in [6.45, 7) is 1.99. The molecule has 0 radical (unpaired) electrons. The first-order valence-corrected chi connectivity index (χ1v) is 7.41. The minimum absolute atomic E-state index is 0.174. The molecule has 0 aromatic heterocycles. The normalized spacial score (nSPS) is 20.5. The third-order valence-electron chi connectivity index (χ3n) is 2.90. The van der Waals surface area contributed by atoms with Crippen LogP contribution in [0.25, 0.3) is 0 Å². The smallest absolute Gasteiger partial charge is 0.214 e. The SMILES string of the molecule is CN(C)CCCS(=O)(=O)N1CCC(N)CC1. The molecule has 1 fully saturated rings. The van der Waals surface area contributed by atoms with E-state index in [2.05, 4.69) is 0 Å². The number of sulfonamides is 1. The number of nitrogens with two attached hydrogens (primary N) is 1. The summed E-state index contributed by atoms with van der Waals surface area (Å²) in [7, 11) is 0.851. The number of piperidine rings is 1. The van der Waals surface area contributed by atoms with Gasteiger partial charge in [-0.1, -0.05) is 0 Å². The molecule has 0 bridgehead atoms. The average Bonchev–Trinajstić information content (AvgIpc) is 2.17. The van der Waals surface area contributed by atoms with Crippen molar-refractivity contribution in [1.29, 1.82) is 0 Å². The number of hydrogen-bond acceptors (Lipinski definition) is 4. The zero-order valence-corrected chi connectivity index (χ0v) is 11.0. The van der Waals surface area contributed by atoms with E-state index in [0.717, 1.165) is 19.4 Å². The van der Waals surface area contributed by atoms with Gasteiger partial charge < -0.3 is 10.6 Å². The van der Waals surface area contributed by atoms with Crippen molar-refractivity contribution < 1.29 is 8.42 Å². The third-order valence-corrected chi connectivity index (χ3v) is 4.86. The van der Waals surface area contributed by atoms with E-state index in [1.165, 1.54) is 0 Å². The largest absolute Gasteiger partial charge is 0.328 e. The lowest BCUT2D eigenvalue weighted by Crippen LogP contribution is -2.43. The molecule has 1 aliphatic rings. The Morgan fingerprint density at radius 1 is 1.31 bits per heavy atom. The number of rotatable bonds is 5. The van der Waals surface area contributed by atoms with Gasteiger partial charge in [-0.25, -0.2) is 12.7 Å². The van der Waals surface area contributed by atoms with Gasteiger partial charge in [0.25, 0.3) is 0 Å². The first kappa shape index (κ1) is 13.9. The van der Waals surface area contributed by atoms with E-state index in [9.17, 15) is 8.42 Å². The van der Waals surface area contributed by atoms with Crippen molar-refractivity contribution in [2.24, 2.45) is 5.73 Å². The molecule has 0 aromatic rings. The minimum Gasteiger partial charge on any atom is -0.328 e. The molecular formula is C10H23N3O2S. The first-order chi connectivity index (χ1) is 7.42. The van der Waals surface area contributed by atoms with Gasteiger partial charge in [0, 0.05) is 19.1 Å². The summed E-state index contributed by atoms with van der Waals surface area (Å²) >= 11 is 0. The second kappa shape index (κ2) is 5.95. The van der Waals surface area contributed by atoms with Crippen LogP contribution < -0.4 is 5.73 Å². The molecule has 0 aliphatic carbocycles. The van der Waals surface area contributed by atoms with Crippen LogP contribution in [0.5, 0.6) is 0 Å². The first-order valence-electron chi connectivity index (χ1n) is 5.80. The minimum atomic E-state index is -3.05. The molecule has 0 unspecified atom stereocenters. The highest BCUT2D eigenvalue weighted by atomic mass is 32.2. The van der Waals surface area contributed by atoms with E-state index in [1.807, 2.05) is 19.0 Å². The van der Waals surface area contributed by atoms with Crippen LogP contribution in [0.2, 0.25) is 0 Å². The molecule has 0 amide bonds. The topological polar surface area (TPSA) is 66.6 Å². The number of hydrogen-bond donors (Lipinski definition) is 1. The molecular weight excluding hydrogens is 226 g/mol. The fourth-order valence-corrected chi connectivity index (χ4v) is 3.37. The van der Waals surface area contributed by atoms with E-state index >= 15 is 0 Å². The van der Waals surface area contributed by atoms with Crippen LogP contribution in [-0.2, 0) is 10.0 Å². The third kappa shape index (κ3) is 4.37. The van der Waals surface area contributed by atoms with Crippen molar-refractivity contribution in [3.63, 3.8) is 0 Å². The molecule has 5 nitrogen and oxygen atoms in total. The summed E-state index contributed by atoms with van der Waals surface area (Å²) in [4.78, 5) is 2.00. The van der Waals surface area contributed by atoms with Gasteiger partial charge in [0.2, 0.25) is 10.0 Å². The molecule has 1 heterocycles. The monoisotopic (exact) mass is 249 g/mol. The van der Waals surface area contributed by atoms with Gasteiger partial charge in [0.05, 0.1) is 5.75 Å². The maximum Gasteiger partial charge on any atom is 0.214 e. The Morgan fingerprint density at radius 3 is 2.38 bits per heavy atom.